The summed E-state index contributed by atoms with van der Waals surface area (Å²) in [7, 11) is 0. The topological polar surface area (TPSA) is 56.7 Å². The first-order chi connectivity index (χ1) is 8.31. The van der Waals surface area contributed by atoms with Crippen molar-refractivity contribution in [3.05, 3.63) is 5.69 Å². The Kier molecular flexibility index (Phi) is 2.02. The van der Waals surface area contributed by atoms with E-state index < -0.39 is 0 Å². The number of nitrogens with zero attached hydrogens (tertiary/aromatic N) is 3. The van der Waals surface area contributed by atoms with Crippen molar-refractivity contribution < 1.29 is 0 Å². The highest BCUT2D eigenvalue weighted by molar-refractivity contribution is 5.38. The lowest BCUT2D eigenvalue weighted by atomic mass is 9.89. The second kappa shape index (κ2) is 3.47. The highest BCUT2D eigenvalue weighted by Crippen LogP contribution is 2.49. The summed E-state index contributed by atoms with van der Waals surface area (Å²) in [4.78, 5) is 0. The van der Waals surface area contributed by atoms with Crippen LogP contribution in [-0.4, -0.2) is 15.0 Å². The van der Waals surface area contributed by atoms with Crippen LogP contribution in [0.15, 0.2) is 0 Å². The molecule has 3 saturated carbocycles. The Bertz CT molecular complexity index is 435. The van der Waals surface area contributed by atoms with Crippen LogP contribution in [0.5, 0.6) is 0 Å². The fourth-order valence-corrected chi connectivity index (χ4v) is 4.07. The number of hydrogen-bond acceptors (Lipinski definition) is 3. The first-order valence-electron chi connectivity index (χ1n) is 7.00. The Hall–Kier alpha value is -1.06. The van der Waals surface area contributed by atoms with Crippen LogP contribution in [0, 0.1) is 17.8 Å². The van der Waals surface area contributed by atoms with Gasteiger partial charge in [-0.25, -0.2) is 4.68 Å². The second-order valence-corrected chi connectivity index (χ2v) is 6.25. The monoisotopic (exact) mass is 232 g/mol. The van der Waals surface area contributed by atoms with Gasteiger partial charge in [-0.05, 0) is 49.9 Å². The maximum absolute atomic E-state index is 5.94. The summed E-state index contributed by atoms with van der Waals surface area (Å²) in [5.41, 5.74) is 7.17. The number of nitrogens with two attached hydrogens (primary N) is 1. The zero-order chi connectivity index (χ0) is 11.4. The molecule has 0 saturated heterocycles. The first-order valence-corrected chi connectivity index (χ1v) is 7.00. The molecule has 1 aromatic heterocycles. The van der Waals surface area contributed by atoms with Gasteiger partial charge in [0.1, 0.15) is 0 Å². The Morgan fingerprint density at radius 2 is 2.06 bits per heavy atom. The Labute approximate surface area is 102 Å². The van der Waals surface area contributed by atoms with Crippen LogP contribution in [-0.2, 0) is 6.54 Å². The fraction of sp³-hybridized carbons (Fsp3) is 0.846. The van der Waals surface area contributed by atoms with Crippen molar-refractivity contribution in [2.24, 2.45) is 17.8 Å². The smallest absolute Gasteiger partial charge is 0.169 e. The summed E-state index contributed by atoms with van der Waals surface area (Å²) in [6.07, 6.45) is 8.33. The summed E-state index contributed by atoms with van der Waals surface area (Å²) < 4.78 is 2.12. The van der Waals surface area contributed by atoms with Crippen molar-refractivity contribution in [2.45, 2.75) is 51.0 Å². The standard InChI is InChI=1S/C13H20N4/c14-13-12(9-3-4-9)17(16-15-13)7-11-6-8-1-2-10(11)5-8/h8-11H,1-7,14H2. The largest absolute Gasteiger partial charge is 0.381 e. The summed E-state index contributed by atoms with van der Waals surface area (Å²) in [5.74, 6) is 4.14. The molecule has 4 rings (SSSR count). The number of rotatable bonds is 3. The van der Waals surface area contributed by atoms with Crippen molar-refractivity contribution in [3.8, 4) is 0 Å². The Morgan fingerprint density at radius 1 is 1.18 bits per heavy atom. The molecular formula is C13H20N4. The molecule has 3 aliphatic rings. The molecule has 17 heavy (non-hydrogen) atoms. The minimum Gasteiger partial charge on any atom is -0.381 e. The van der Waals surface area contributed by atoms with E-state index in [0.29, 0.717) is 11.7 Å². The third-order valence-corrected chi connectivity index (χ3v) is 5.06. The zero-order valence-corrected chi connectivity index (χ0v) is 10.2. The number of anilines is 1. The summed E-state index contributed by atoms with van der Waals surface area (Å²) in [6.45, 7) is 1.07. The zero-order valence-electron chi connectivity index (χ0n) is 10.2. The second-order valence-electron chi connectivity index (χ2n) is 6.25. The molecular weight excluding hydrogens is 212 g/mol. The molecule has 2 N–H and O–H groups in total. The molecule has 1 heterocycles. The van der Waals surface area contributed by atoms with Crippen molar-refractivity contribution in [1.29, 1.82) is 0 Å². The average Bonchev–Trinajstić information content (AvgIpc) is 2.78. The molecule has 3 unspecified atom stereocenters. The molecule has 0 aromatic carbocycles. The van der Waals surface area contributed by atoms with E-state index in [1.807, 2.05) is 0 Å². The van der Waals surface area contributed by atoms with E-state index in [0.717, 1.165) is 24.3 Å². The first kappa shape index (κ1) is 9.92. The van der Waals surface area contributed by atoms with Gasteiger partial charge in [0.2, 0.25) is 0 Å². The van der Waals surface area contributed by atoms with Crippen LogP contribution in [0.4, 0.5) is 5.82 Å². The predicted molar refractivity (Wildman–Crippen MR) is 65.3 cm³/mol. The Morgan fingerprint density at radius 3 is 2.71 bits per heavy atom. The maximum Gasteiger partial charge on any atom is 0.169 e. The van der Waals surface area contributed by atoms with E-state index >= 15 is 0 Å². The molecule has 0 amide bonds. The number of aromatic nitrogens is 3. The highest BCUT2D eigenvalue weighted by Gasteiger charge is 2.40. The summed E-state index contributed by atoms with van der Waals surface area (Å²) in [5, 5.41) is 8.34. The fourth-order valence-electron chi connectivity index (χ4n) is 4.07. The van der Waals surface area contributed by atoms with Crippen molar-refractivity contribution in [3.63, 3.8) is 0 Å². The maximum atomic E-state index is 5.94. The molecule has 92 valence electrons. The van der Waals surface area contributed by atoms with Gasteiger partial charge in [-0.2, -0.15) is 0 Å². The van der Waals surface area contributed by atoms with Gasteiger partial charge in [0.05, 0.1) is 5.69 Å². The van der Waals surface area contributed by atoms with Gasteiger partial charge >= 0.3 is 0 Å². The van der Waals surface area contributed by atoms with Crippen LogP contribution in [0.2, 0.25) is 0 Å². The van der Waals surface area contributed by atoms with Crippen molar-refractivity contribution >= 4 is 5.82 Å². The molecule has 2 bridgehead atoms. The molecule has 3 aliphatic carbocycles. The quantitative estimate of drug-likeness (QED) is 0.869. The van der Waals surface area contributed by atoms with Crippen LogP contribution >= 0.6 is 0 Å². The third-order valence-electron chi connectivity index (χ3n) is 5.06. The molecule has 0 radical (unpaired) electrons. The molecule has 4 heteroatoms. The van der Waals surface area contributed by atoms with Crippen LogP contribution in [0.25, 0.3) is 0 Å². The molecule has 3 atom stereocenters. The number of nitrogen functional groups attached to an aromatic ring is 1. The summed E-state index contributed by atoms with van der Waals surface area (Å²) in [6, 6.07) is 0. The van der Waals surface area contributed by atoms with Crippen LogP contribution in [0.3, 0.4) is 0 Å². The minimum atomic E-state index is 0.656. The van der Waals surface area contributed by atoms with E-state index in [1.54, 1.807) is 0 Å². The van der Waals surface area contributed by atoms with Gasteiger partial charge in [-0.15, -0.1) is 5.10 Å². The molecule has 0 aliphatic heterocycles. The number of hydrogen-bond donors (Lipinski definition) is 1. The third kappa shape index (κ3) is 1.57. The van der Waals surface area contributed by atoms with Gasteiger partial charge in [-0.1, -0.05) is 11.6 Å². The van der Waals surface area contributed by atoms with Gasteiger partial charge in [-0.3, -0.25) is 0 Å². The van der Waals surface area contributed by atoms with Gasteiger partial charge in [0.15, 0.2) is 5.82 Å². The molecule has 4 nitrogen and oxygen atoms in total. The average molecular weight is 232 g/mol. The van der Waals surface area contributed by atoms with Gasteiger partial charge in [0.25, 0.3) is 0 Å². The molecule has 3 fully saturated rings. The summed E-state index contributed by atoms with van der Waals surface area (Å²) >= 11 is 0. The normalized spacial score (nSPS) is 35.6. The van der Waals surface area contributed by atoms with Gasteiger partial charge in [0, 0.05) is 12.5 Å². The lowest BCUT2D eigenvalue weighted by Gasteiger charge is -2.22. The Balaban J connectivity index is 1.55. The lowest BCUT2D eigenvalue weighted by Crippen LogP contribution is -2.19. The van der Waals surface area contributed by atoms with E-state index in [1.165, 1.54) is 44.2 Å². The van der Waals surface area contributed by atoms with E-state index in [4.69, 9.17) is 5.73 Å². The highest BCUT2D eigenvalue weighted by atomic mass is 15.4. The van der Waals surface area contributed by atoms with E-state index in [-0.39, 0.29) is 0 Å². The van der Waals surface area contributed by atoms with E-state index in [9.17, 15) is 0 Å². The van der Waals surface area contributed by atoms with Gasteiger partial charge < -0.3 is 5.73 Å². The van der Waals surface area contributed by atoms with Crippen LogP contribution in [0.1, 0.15) is 50.1 Å². The predicted octanol–water partition coefficient (Wildman–Crippen LogP) is 2.17. The lowest BCUT2D eigenvalue weighted by molar-refractivity contribution is 0.280. The SMILES string of the molecule is Nc1nnn(CC2CC3CCC2C3)c1C1CC1. The van der Waals surface area contributed by atoms with Crippen LogP contribution < -0.4 is 5.73 Å². The van der Waals surface area contributed by atoms with E-state index in [2.05, 4.69) is 15.0 Å². The number of fused-ring (bicyclic) bond motifs is 2. The minimum absolute atomic E-state index is 0.656. The molecule has 0 spiro atoms. The van der Waals surface area contributed by atoms with Crippen molar-refractivity contribution in [2.75, 3.05) is 5.73 Å². The molecule has 1 aromatic rings. The van der Waals surface area contributed by atoms with Crippen molar-refractivity contribution in [1.82, 2.24) is 15.0 Å².